The Kier molecular flexibility index (Phi) is 6.11. The highest BCUT2D eigenvalue weighted by Gasteiger charge is 2.23. The number of sulfonamides is 1. The van der Waals surface area contributed by atoms with Gasteiger partial charge in [0, 0.05) is 44.2 Å². The summed E-state index contributed by atoms with van der Waals surface area (Å²) < 4.78 is 25.5. The van der Waals surface area contributed by atoms with Gasteiger partial charge in [0.15, 0.2) is 0 Å². The largest absolute Gasteiger partial charge is 0.340 e. The minimum Gasteiger partial charge on any atom is -0.340 e. The van der Waals surface area contributed by atoms with Gasteiger partial charge in [-0.3, -0.25) is 9.10 Å². The van der Waals surface area contributed by atoms with Crippen LogP contribution in [0.3, 0.4) is 0 Å². The molecule has 1 fully saturated rings. The molecule has 6 nitrogen and oxygen atoms in total. The Morgan fingerprint density at radius 2 is 1.88 bits per heavy atom. The molecule has 1 heterocycles. The van der Waals surface area contributed by atoms with Crippen LogP contribution >= 0.6 is 11.6 Å². The van der Waals surface area contributed by atoms with Crippen LogP contribution in [-0.2, 0) is 14.8 Å². The third kappa shape index (κ3) is 4.84. The second kappa shape index (κ2) is 7.72. The van der Waals surface area contributed by atoms with Crippen molar-refractivity contribution in [1.29, 1.82) is 0 Å². The first-order chi connectivity index (χ1) is 11.2. The number of nitrogens with zero attached hydrogens (tertiary/aromatic N) is 3. The lowest BCUT2D eigenvalue weighted by molar-refractivity contribution is -0.132. The summed E-state index contributed by atoms with van der Waals surface area (Å²) in [6.45, 7) is 5.02. The highest BCUT2D eigenvalue weighted by Crippen LogP contribution is 2.25. The lowest BCUT2D eigenvalue weighted by Crippen LogP contribution is -2.48. The topological polar surface area (TPSA) is 60.9 Å². The van der Waals surface area contributed by atoms with Crippen molar-refractivity contribution in [2.24, 2.45) is 0 Å². The highest BCUT2D eigenvalue weighted by molar-refractivity contribution is 7.92. The van der Waals surface area contributed by atoms with Crippen molar-refractivity contribution in [2.45, 2.75) is 13.3 Å². The summed E-state index contributed by atoms with van der Waals surface area (Å²) in [6, 6.07) is 5.11. The Balaban J connectivity index is 2.07. The summed E-state index contributed by atoms with van der Waals surface area (Å²) >= 11 is 6.10. The summed E-state index contributed by atoms with van der Waals surface area (Å²) in [4.78, 5) is 16.3. The molecule has 0 bridgehead atoms. The third-order valence-corrected chi connectivity index (χ3v) is 5.83. The molecule has 0 saturated carbocycles. The Labute approximate surface area is 149 Å². The maximum Gasteiger partial charge on any atom is 0.232 e. The number of carbonyl (C=O) groups is 1. The molecule has 0 radical (unpaired) electrons. The third-order valence-electron chi connectivity index (χ3n) is 4.23. The highest BCUT2D eigenvalue weighted by atomic mass is 35.5. The van der Waals surface area contributed by atoms with E-state index >= 15 is 0 Å². The van der Waals surface area contributed by atoms with Gasteiger partial charge >= 0.3 is 0 Å². The molecular weight excluding hydrogens is 350 g/mol. The van der Waals surface area contributed by atoms with Gasteiger partial charge in [-0.2, -0.15) is 0 Å². The summed E-state index contributed by atoms with van der Waals surface area (Å²) in [5.74, 6) is -0.0186. The molecule has 0 N–H and O–H groups in total. The number of aryl methyl sites for hydroxylation is 1. The number of anilines is 1. The standard InChI is InChI=1S/C16H24ClN3O3S/c1-13-4-5-14(12-15(13)17)20(24(3,22)23)7-6-16(21)19-10-8-18(2)9-11-19/h4-5,12H,6-11H2,1-3H3. The van der Waals surface area contributed by atoms with Crippen LogP contribution in [0, 0.1) is 6.92 Å². The normalized spacial score (nSPS) is 16.2. The van der Waals surface area contributed by atoms with Crippen LogP contribution in [0.15, 0.2) is 18.2 Å². The molecule has 1 amide bonds. The maximum absolute atomic E-state index is 12.3. The quantitative estimate of drug-likeness (QED) is 0.786. The number of benzene rings is 1. The van der Waals surface area contributed by atoms with E-state index in [0.717, 1.165) is 24.9 Å². The fraction of sp³-hybridized carbons (Fsp3) is 0.562. The molecular formula is C16H24ClN3O3S. The number of likely N-dealkylation sites (N-methyl/N-ethyl adjacent to an activating group) is 1. The van der Waals surface area contributed by atoms with Gasteiger partial charge in [0.25, 0.3) is 0 Å². The van der Waals surface area contributed by atoms with E-state index in [1.165, 1.54) is 4.31 Å². The second-order valence-electron chi connectivity index (χ2n) is 6.20. The Bertz CT molecular complexity index is 701. The molecule has 1 aromatic carbocycles. The smallest absolute Gasteiger partial charge is 0.232 e. The fourth-order valence-corrected chi connectivity index (χ4v) is 3.73. The molecule has 2 rings (SSSR count). The van der Waals surface area contributed by atoms with Crippen LogP contribution in [0.25, 0.3) is 0 Å². The SMILES string of the molecule is Cc1ccc(N(CCC(=O)N2CCN(C)CC2)S(C)(=O)=O)cc1Cl. The van der Waals surface area contributed by atoms with E-state index < -0.39 is 10.0 Å². The lowest BCUT2D eigenvalue weighted by atomic mass is 10.2. The fourth-order valence-electron chi connectivity index (χ4n) is 2.63. The number of halogens is 1. The Morgan fingerprint density at radius 3 is 2.42 bits per heavy atom. The predicted molar refractivity (Wildman–Crippen MR) is 97.1 cm³/mol. The van der Waals surface area contributed by atoms with Gasteiger partial charge < -0.3 is 9.80 Å². The summed E-state index contributed by atoms with van der Waals surface area (Å²) in [5.41, 5.74) is 1.36. The first-order valence-electron chi connectivity index (χ1n) is 7.88. The number of amides is 1. The number of carbonyl (C=O) groups excluding carboxylic acids is 1. The molecule has 1 aliphatic heterocycles. The molecule has 1 aliphatic rings. The van der Waals surface area contributed by atoms with Crippen LogP contribution in [0.2, 0.25) is 5.02 Å². The van der Waals surface area contributed by atoms with E-state index in [0.29, 0.717) is 23.8 Å². The molecule has 134 valence electrons. The van der Waals surface area contributed by atoms with Gasteiger partial charge in [-0.15, -0.1) is 0 Å². The zero-order valence-electron chi connectivity index (χ0n) is 14.3. The Hall–Kier alpha value is -1.31. The van der Waals surface area contributed by atoms with E-state index in [-0.39, 0.29) is 18.9 Å². The summed E-state index contributed by atoms with van der Waals surface area (Å²) in [5, 5.41) is 0.506. The molecule has 0 aliphatic carbocycles. The van der Waals surface area contributed by atoms with E-state index in [2.05, 4.69) is 4.90 Å². The van der Waals surface area contributed by atoms with Gasteiger partial charge in [-0.25, -0.2) is 8.42 Å². The first-order valence-corrected chi connectivity index (χ1v) is 10.1. The van der Waals surface area contributed by atoms with Crippen molar-refractivity contribution in [1.82, 2.24) is 9.80 Å². The van der Waals surface area contributed by atoms with Crippen molar-refractivity contribution in [2.75, 3.05) is 50.3 Å². The molecule has 0 atom stereocenters. The van der Waals surface area contributed by atoms with Crippen LogP contribution in [0.1, 0.15) is 12.0 Å². The number of rotatable bonds is 5. The average molecular weight is 374 g/mol. The van der Waals surface area contributed by atoms with Crippen molar-refractivity contribution < 1.29 is 13.2 Å². The number of hydrogen-bond acceptors (Lipinski definition) is 4. The number of piperazine rings is 1. The van der Waals surface area contributed by atoms with Crippen LogP contribution in [0.5, 0.6) is 0 Å². The van der Waals surface area contributed by atoms with E-state index in [4.69, 9.17) is 11.6 Å². The van der Waals surface area contributed by atoms with Crippen LogP contribution in [0.4, 0.5) is 5.69 Å². The molecule has 24 heavy (non-hydrogen) atoms. The lowest BCUT2D eigenvalue weighted by Gasteiger charge is -2.33. The van der Waals surface area contributed by atoms with Gasteiger partial charge in [-0.1, -0.05) is 17.7 Å². The van der Waals surface area contributed by atoms with Crippen molar-refractivity contribution in [3.05, 3.63) is 28.8 Å². The molecule has 0 aromatic heterocycles. The summed E-state index contributed by atoms with van der Waals surface area (Å²) in [7, 11) is -1.46. The minimum absolute atomic E-state index is 0.0186. The van der Waals surface area contributed by atoms with Gasteiger partial charge in [-0.05, 0) is 31.7 Å². The van der Waals surface area contributed by atoms with E-state index in [1.54, 1.807) is 23.1 Å². The Morgan fingerprint density at radius 1 is 1.25 bits per heavy atom. The van der Waals surface area contributed by atoms with Crippen molar-refractivity contribution >= 4 is 33.2 Å². The zero-order chi connectivity index (χ0) is 17.9. The summed E-state index contributed by atoms with van der Waals surface area (Å²) in [6.07, 6.45) is 1.30. The maximum atomic E-state index is 12.3. The van der Waals surface area contributed by atoms with Crippen molar-refractivity contribution in [3.63, 3.8) is 0 Å². The molecule has 1 saturated heterocycles. The van der Waals surface area contributed by atoms with E-state index in [1.807, 2.05) is 14.0 Å². The van der Waals surface area contributed by atoms with Crippen LogP contribution < -0.4 is 4.31 Å². The van der Waals surface area contributed by atoms with Crippen molar-refractivity contribution in [3.8, 4) is 0 Å². The monoisotopic (exact) mass is 373 g/mol. The van der Waals surface area contributed by atoms with Gasteiger partial charge in [0.2, 0.25) is 15.9 Å². The molecule has 0 spiro atoms. The minimum atomic E-state index is -3.49. The van der Waals surface area contributed by atoms with Gasteiger partial charge in [0.1, 0.15) is 0 Å². The average Bonchev–Trinajstić information content (AvgIpc) is 2.50. The van der Waals surface area contributed by atoms with E-state index in [9.17, 15) is 13.2 Å². The predicted octanol–water partition coefficient (Wildman–Crippen LogP) is 1.58. The first kappa shape index (κ1) is 19.0. The molecule has 0 unspecified atom stereocenters. The number of hydrogen-bond donors (Lipinski definition) is 0. The molecule has 8 heteroatoms. The zero-order valence-corrected chi connectivity index (χ0v) is 15.9. The molecule has 1 aromatic rings. The van der Waals surface area contributed by atoms with Crippen LogP contribution in [-0.4, -0.2) is 70.2 Å². The second-order valence-corrected chi connectivity index (χ2v) is 8.52. The van der Waals surface area contributed by atoms with Gasteiger partial charge in [0.05, 0.1) is 11.9 Å².